The zero-order valence-electron chi connectivity index (χ0n) is 6.81. The van der Waals surface area contributed by atoms with E-state index in [4.69, 9.17) is 19.2 Å². The van der Waals surface area contributed by atoms with Crippen LogP contribution in [0.5, 0.6) is 0 Å². The van der Waals surface area contributed by atoms with E-state index >= 15 is 0 Å². The summed E-state index contributed by atoms with van der Waals surface area (Å²) in [6.45, 7) is 4.95. The van der Waals surface area contributed by atoms with Gasteiger partial charge in [0.25, 0.3) is 0 Å². The van der Waals surface area contributed by atoms with E-state index in [2.05, 4.69) is 11.3 Å². The standard InChI is InChI=1S/C5H8O2.H4O4Si/c1-4(2)5(6)7-3;1-5(2,3)4/h1H2,2-3H3;1-4H. The van der Waals surface area contributed by atoms with E-state index in [0.29, 0.717) is 5.57 Å². The normalized spacial score (nSPS) is 9.50. The van der Waals surface area contributed by atoms with Crippen LogP contribution in [-0.2, 0) is 9.53 Å². The summed E-state index contributed by atoms with van der Waals surface area (Å²) in [6.07, 6.45) is 0. The molecular weight excluding hydrogens is 184 g/mol. The Bertz CT molecular complexity index is 154. The predicted octanol–water partition coefficient (Wildman–Crippen LogP) is -1.87. The zero-order valence-corrected chi connectivity index (χ0v) is 7.81. The van der Waals surface area contributed by atoms with Crippen LogP contribution in [0, 0.1) is 0 Å². The molecule has 0 radical (unpaired) electrons. The second-order valence-electron chi connectivity index (χ2n) is 1.87. The maximum Gasteiger partial charge on any atom is 0.668 e. The molecule has 0 saturated carbocycles. The Labute approximate surface area is 70.8 Å². The molecule has 0 atom stereocenters. The SMILES string of the molecule is C=C(C)C(=O)OC.O[Si](O)(O)O. The quantitative estimate of drug-likeness (QED) is 0.222. The summed E-state index contributed by atoms with van der Waals surface area (Å²) in [4.78, 5) is 39.5. The molecule has 72 valence electrons. The van der Waals surface area contributed by atoms with Gasteiger partial charge in [0, 0.05) is 5.57 Å². The number of carbonyl (C=O) groups excluding carboxylic acids is 1. The minimum atomic E-state index is -4.61. The van der Waals surface area contributed by atoms with Crippen LogP contribution in [0.2, 0.25) is 0 Å². The highest BCUT2D eigenvalue weighted by Gasteiger charge is 2.22. The van der Waals surface area contributed by atoms with E-state index in [-0.39, 0.29) is 5.97 Å². The van der Waals surface area contributed by atoms with Gasteiger partial charge in [-0.25, -0.2) is 4.79 Å². The lowest BCUT2D eigenvalue weighted by molar-refractivity contribution is -0.136. The lowest BCUT2D eigenvalue weighted by Gasteiger charge is -1.91. The second kappa shape index (κ2) is 5.86. The van der Waals surface area contributed by atoms with Crippen LogP contribution in [0.15, 0.2) is 12.2 Å². The van der Waals surface area contributed by atoms with Gasteiger partial charge in [-0.2, -0.15) is 0 Å². The Balaban J connectivity index is 0. The molecule has 7 heteroatoms. The molecule has 12 heavy (non-hydrogen) atoms. The summed E-state index contributed by atoms with van der Waals surface area (Å²) in [5, 5.41) is 0. The Morgan fingerprint density at radius 2 is 1.58 bits per heavy atom. The van der Waals surface area contributed by atoms with Gasteiger partial charge in [-0.05, 0) is 6.92 Å². The van der Waals surface area contributed by atoms with Gasteiger partial charge in [0.2, 0.25) is 0 Å². The van der Waals surface area contributed by atoms with Crippen LogP contribution in [0.4, 0.5) is 0 Å². The molecule has 0 bridgehead atoms. The second-order valence-corrected chi connectivity index (χ2v) is 3.07. The molecule has 4 N–H and O–H groups in total. The Morgan fingerprint density at radius 3 is 1.58 bits per heavy atom. The van der Waals surface area contributed by atoms with E-state index in [1.165, 1.54) is 7.11 Å². The summed E-state index contributed by atoms with van der Waals surface area (Å²) in [6, 6.07) is 0. The first kappa shape index (κ1) is 13.8. The summed E-state index contributed by atoms with van der Waals surface area (Å²) in [5.41, 5.74) is 0.433. The third kappa shape index (κ3) is 22.8. The maximum atomic E-state index is 10.2. The molecule has 0 aliphatic rings. The minimum Gasteiger partial charge on any atom is -0.466 e. The first-order chi connectivity index (χ1) is 5.18. The van der Waals surface area contributed by atoms with Gasteiger partial charge in [-0.3, -0.25) is 0 Å². The molecule has 0 fully saturated rings. The van der Waals surface area contributed by atoms with E-state index < -0.39 is 9.05 Å². The Hall–Kier alpha value is -0.733. The van der Waals surface area contributed by atoms with Crippen molar-refractivity contribution in [1.29, 1.82) is 0 Å². The number of hydrogen-bond donors (Lipinski definition) is 4. The molecule has 0 aromatic heterocycles. The van der Waals surface area contributed by atoms with E-state index in [1.807, 2.05) is 0 Å². The van der Waals surface area contributed by atoms with Gasteiger partial charge in [0.1, 0.15) is 0 Å². The molecule has 0 unspecified atom stereocenters. The number of carbonyl (C=O) groups is 1. The van der Waals surface area contributed by atoms with Crippen LogP contribution in [-0.4, -0.2) is 41.3 Å². The van der Waals surface area contributed by atoms with Gasteiger partial charge in [0.05, 0.1) is 7.11 Å². The minimum absolute atomic E-state index is 0.347. The van der Waals surface area contributed by atoms with Crippen molar-refractivity contribution in [3.05, 3.63) is 12.2 Å². The van der Waals surface area contributed by atoms with Crippen molar-refractivity contribution in [3.8, 4) is 0 Å². The first-order valence-corrected chi connectivity index (χ1v) is 4.60. The molecule has 6 nitrogen and oxygen atoms in total. The van der Waals surface area contributed by atoms with E-state index in [0.717, 1.165) is 0 Å². The van der Waals surface area contributed by atoms with E-state index in [1.54, 1.807) is 6.92 Å². The van der Waals surface area contributed by atoms with Crippen molar-refractivity contribution in [1.82, 2.24) is 0 Å². The molecule has 0 aliphatic carbocycles. The number of hydrogen-bond acceptors (Lipinski definition) is 6. The lowest BCUT2D eigenvalue weighted by Crippen LogP contribution is -2.33. The summed E-state index contributed by atoms with van der Waals surface area (Å²) in [7, 11) is -3.28. The van der Waals surface area contributed by atoms with Gasteiger partial charge < -0.3 is 23.9 Å². The van der Waals surface area contributed by atoms with Gasteiger partial charge in [-0.15, -0.1) is 0 Å². The fourth-order valence-electron chi connectivity index (χ4n) is 0.174. The van der Waals surface area contributed by atoms with Crippen LogP contribution in [0.3, 0.4) is 0 Å². The van der Waals surface area contributed by atoms with Crippen LogP contribution >= 0.6 is 0 Å². The summed E-state index contributed by atoms with van der Waals surface area (Å²) < 4.78 is 4.27. The van der Waals surface area contributed by atoms with Crippen LogP contribution < -0.4 is 0 Å². The molecule has 0 rings (SSSR count). The number of methoxy groups -OCH3 is 1. The summed E-state index contributed by atoms with van der Waals surface area (Å²) in [5.74, 6) is -0.347. The fourth-order valence-corrected chi connectivity index (χ4v) is 0.174. The van der Waals surface area contributed by atoms with Crippen molar-refractivity contribution >= 4 is 15.0 Å². The third-order valence-corrected chi connectivity index (χ3v) is 0.534. The highest BCUT2D eigenvalue weighted by atomic mass is 28.4. The van der Waals surface area contributed by atoms with Gasteiger partial charge >= 0.3 is 15.0 Å². The molecule has 0 aromatic rings. The Kier molecular flexibility index (Phi) is 6.75. The average molecular weight is 196 g/mol. The monoisotopic (exact) mass is 196 g/mol. The molecule has 0 amide bonds. The molecule has 0 aromatic carbocycles. The average Bonchev–Trinajstić information content (AvgIpc) is 1.82. The largest absolute Gasteiger partial charge is 0.668 e. The van der Waals surface area contributed by atoms with Crippen molar-refractivity contribution in [3.63, 3.8) is 0 Å². The third-order valence-electron chi connectivity index (χ3n) is 0.534. The molecule has 0 aliphatic heterocycles. The number of esters is 1. The molecular formula is C5H12O6Si. The highest BCUT2D eigenvalue weighted by molar-refractivity contribution is 6.46. The van der Waals surface area contributed by atoms with Crippen molar-refractivity contribution in [2.24, 2.45) is 0 Å². The maximum absolute atomic E-state index is 10.2. The van der Waals surface area contributed by atoms with Gasteiger partial charge in [-0.1, -0.05) is 6.58 Å². The van der Waals surface area contributed by atoms with E-state index in [9.17, 15) is 4.79 Å². The highest BCUT2D eigenvalue weighted by Crippen LogP contribution is 1.87. The number of rotatable bonds is 1. The smallest absolute Gasteiger partial charge is 0.466 e. The molecule has 0 spiro atoms. The molecule has 0 heterocycles. The topological polar surface area (TPSA) is 107 Å². The molecule has 0 saturated heterocycles. The lowest BCUT2D eigenvalue weighted by atomic mass is 10.4. The van der Waals surface area contributed by atoms with Crippen molar-refractivity contribution < 1.29 is 28.7 Å². The van der Waals surface area contributed by atoms with Crippen molar-refractivity contribution in [2.75, 3.05) is 7.11 Å². The Morgan fingerprint density at radius 1 is 1.33 bits per heavy atom. The zero-order chi connectivity index (χ0) is 10.4. The van der Waals surface area contributed by atoms with Gasteiger partial charge in [0.15, 0.2) is 0 Å². The van der Waals surface area contributed by atoms with Crippen molar-refractivity contribution in [2.45, 2.75) is 6.92 Å². The van der Waals surface area contributed by atoms with Crippen LogP contribution in [0.25, 0.3) is 0 Å². The number of ether oxygens (including phenoxy) is 1. The fraction of sp³-hybridized carbons (Fsp3) is 0.400. The first-order valence-electron chi connectivity index (χ1n) is 2.81. The summed E-state index contributed by atoms with van der Waals surface area (Å²) >= 11 is 0. The van der Waals surface area contributed by atoms with Crippen LogP contribution in [0.1, 0.15) is 6.92 Å². The predicted molar refractivity (Wildman–Crippen MR) is 41.5 cm³/mol.